The smallest absolute Gasteiger partial charge is 0.360 e. The fourth-order valence-electron chi connectivity index (χ4n) is 2.13. The highest BCUT2D eigenvalue weighted by atomic mass is 16.5. The van der Waals surface area contributed by atoms with Gasteiger partial charge in [0, 0.05) is 12.1 Å². The number of amides is 1. The predicted molar refractivity (Wildman–Crippen MR) is 85.1 cm³/mol. The van der Waals surface area contributed by atoms with Crippen molar-refractivity contribution in [3.05, 3.63) is 41.9 Å². The molecule has 2 aromatic rings. The van der Waals surface area contributed by atoms with Gasteiger partial charge in [-0.05, 0) is 18.4 Å². The predicted octanol–water partition coefficient (Wildman–Crippen LogP) is 2.90. The van der Waals surface area contributed by atoms with E-state index in [0.29, 0.717) is 23.6 Å². The van der Waals surface area contributed by atoms with Crippen molar-refractivity contribution < 1.29 is 18.7 Å². The van der Waals surface area contributed by atoms with Gasteiger partial charge < -0.3 is 14.5 Å². The molecule has 23 heavy (non-hydrogen) atoms. The molecule has 0 saturated carbocycles. The van der Waals surface area contributed by atoms with E-state index < -0.39 is 5.97 Å². The first-order chi connectivity index (χ1) is 11.0. The Bertz CT molecular complexity index is 691. The largest absolute Gasteiger partial charge is 0.464 e. The number of methoxy groups -OCH3 is 1. The van der Waals surface area contributed by atoms with E-state index in [9.17, 15) is 9.59 Å². The fourth-order valence-corrected chi connectivity index (χ4v) is 2.13. The Morgan fingerprint density at radius 3 is 2.74 bits per heavy atom. The van der Waals surface area contributed by atoms with Gasteiger partial charge in [0.05, 0.1) is 12.7 Å². The van der Waals surface area contributed by atoms with Crippen molar-refractivity contribution in [3.8, 4) is 11.3 Å². The number of nitrogens with one attached hydrogen (secondary N) is 1. The number of carbonyl (C=O) groups is 2. The number of rotatable bonds is 6. The molecular weight excluding hydrogens is 296 g/mol. The van der Waals surface area contributed by atoms with Crippen LogP contribution in [0.25, 0.3) is 11.3 Å². The molecule has 0 unspecified atom stereocenters. The third-order valence-electron chi connectivity index (χ3n) is 3.37. The first-order valence-corrected chi connectivity index (χ1v) is 7.44. The monoisotopic (exact) mass is 316 g/mol. The van der Waals surface area contributed by atoms with Crippen molar-refractivity contribution in [2.75, 3.05) is 13.7 Å². The molecule has 0 bridgehead atoms. The Morgan fingerprint density at radius 2 is 2.04 bits per heavy atom. The van der Waals surface area contributed by atoms with Gasteiger partial charge >= 0.3 is 5.97 Å². The summed E-state index contributed by atoms with van der Waals surface area (Å²) >= 11 is 0. The maximum Gasteiger partial charge on any atom is 0.360 e. The summed E-state index contributed by atoms with van der Waals surface area (Å²) in [6.45, 7) is 4.78. The van der Waals surface area contributed by atoms with Gasteiger partial charge in [0.1, 0.15) is 0 Å². The molecule has 0 aliphatic heterocycles. The SMILES string of the molecule is COC(=O)c1ncoc1-c1ccccc1C(=O)NCCC(C)C. The molecule has 6 heteroatoms. The van der Waals surface area contributed by atoms with Crippen LogP contribution >= 0.6 is 0 Å². The molecule has 6 nitrogen and oxygen atoms in total. The number of hydrogen-bond donors (Lipinski definition) is 1. The Morgan fingerprint density at radius 1 is 1.30 bits per heavy atom. The number of esters is 1. The van der Waals surface area contributed by atoms with Gasteiger partial charge in [0.2, 0.25) is 0 Å². The molecule has 0 saturated heterocycles. The molecule has 1 amide bonds. The van der Waals surface area contributed by atoms with Gasteiger partial charge in [0.25, 0.3) is 5.91 Å². The lowest BCUT2D eigenvalue weighted by molar-refractivity contribution is 0.0595. The zero-order chi connectivity index (χ0) is 16.8. The van der Waals surface area contributed by atoms with Crippen molar-refractivity contribution >= 4 is 11.9 Å². The van der Waals surface area contributed by atoms with E-state index in [0.717, 1.165) is 12.8 Å². The first-order valence-electron chi connectivity index (χ1n) is 7.44. The highest BCUT2D eigenvalue weighted by molar-refractivity contribution is 6.03. The van der Waals surface area contributed by atoms with E-state index in [-0.39, 0.29) is 17.4 Å². The normalized spacial score (nSPS) is 10.6. The lowest BCUT2D eigenvalue weighted by atomic mass is 10.0. The maximum atomic E-state index is 12.4. The summed E-state index contributed by atoms with van der Waals surface area (Å²) in [6, 6.07) is 6.92. The van der Waals surface area contributed by atoms with Crippen LogP contribution in [0.15, 0.2) is 35.1 Å². The second-order valence-corrected chi connectivity index (χ2v) is 5.51. The minimum Gasteiger partial charge on any atom is -0.464 e. The molecule has 1 aromatic carbocycles. The Balaban J connectivity index is 2.29. The summed E-state index contributed by atoms with van der Waals surface area (Å²) in [7, 11) is 1.27. The van der Waals surface area contributed by atoms with Crippen LogP contribution in [0.4, 0.5) is 0 Å². The van der Waals surface area contributed by atoms with E-state index in [1.54, 1.807) is 24.3 Å². The van der Waals surface area contributed by atoms with Crippen LogP contribution in [0.2, 0.25) is 0 Å². The minimum atomic E-state index is -0.608. The number of carbonyl (C=O) groups excluding carboxylic acids is 2. The standard InChI is InChI=1S/C17H20N2O4/c1-11(2)8-9-18-16(20)13-7-5-4-6-12(13)15-14(17(21)22-3)19-10-23-15/h4-7,10-11H,8-9H2,1-3H3,(H,18,20). The fraction of sp³-hybridized carbons (Fsp3) is 0.353. The van der Waals surface area contributed by atoms with E-state index in [1.807, 2.05) is 0 Å². The average Bonchev–Trinajstić information content (AvgIpc) is 3.03. The van der Waals surface area contributed by atoms with Gasteiger partial charge in [-0.1, -0.05) is 32.0 Å². The minimum absolute atomic E-state index is 0.0509. The topological polar surface area (TPSA) is 81.4 Å². The second-order valence-electron chi connectivity index (χ2n) is 5.51. The van der Waals surface area contributed by atoms with Crippen molar-refractivity contribution in [1.29, 1.82) is 0 Å². The third kappa shape index (κ3) is 3.97. The van der Waals surface area contributed by atoms with Crippen LogP contribution in [-0.4, -0.2) is 30.5 Å². The number of oxazole rings is 1. The van der Waals surface area contributed by atoms with Crippen molar-refractivity contribution in [2.24, 2.45) is 5.92 Å². The third-order valence-corrected chi connectivity index (χ3v) is 3.37. The molecule has 1 heterocycles. The molecule has 0 atom stereocenters. The molecule has 0 spiro atoms. The molecule has 1 N–H and O–H groups in total. The number of benzene rings is 1. The Hall–Kier alpha value is -2.63. The van der Waals surface area contributed by atoms with Crippen LogP contribution in [0, 0.1) is 5.92 Å². The summed E-state index contributed by atoms with van der Waals surface area (Å²) in [5.41, 5.74) is 0.987. The summed E-state index contributed by atoms with van der Waals surface area (Å²) in [6.07, 6.45) is 2.05. The summed E-state index contributed by atoms with van der Waals surface area (Å²) in [5, 5.41) is 2.88. The zero-order valence-corrected chi connectivity index (χ0v) is 13.5. The quantitative estimate of drug-likeness (QED) is 0.829. The summed E-state index contributed by atoms with van der Waals surface area (Å²) in [5.74, 6) is -0.0885. The van der Waals surface area contributed by atoms with Crippen LogP contribution < -0.4 is 5.32 Å². The molecule has 122 valence electrons. The molecular formula is C17H20N2O4. The number of nitrogens with zero attached hydrogens (tertiary/aromatic N) is 1. The van der Waals surface area contributed by atoms with Crippen LogP contribution in [-0.2, 0) is 4.74 Å². The van der Waals surface area contributed by atoms with E-state index >= 15 is 0 Å². The molecule has 0 aliphatic rings. The van der Waals surface area contributed by atoms with Crippen LogP contribution in [0.1, 0.15) is 41.1 Å². The lowest BCUT2D eigenvalue weighted by Crippen LogP contribution is -2.25. The number of aromatic nitrogens is 1. The van der Waals surface area contributed by atoms with Gasteiger partial charge in [-0.2, -0.15) is 0 Å². The zero-order valence-electron chi connectivity index (χ0n) is 13.5. The van der Waals surface area contributed by atoms with Crippen molar-refractivity contribution in [1.82, 2.24) is 10.3 Å². The average molecular weight is 316 g/mol. The lowest BCUT2D eigenvalue weighted by Gasteiger charge is -2.10. The van der Waals surface area contributed by atoms with Gasteiger partial charge in [0.15, 0.2) is 17.8 Å². The van der Waals surface area contributed by atoms with Crippen LogP contribution in [0.5, 0.6) is 0 Å². The molecule has 0 radical (unpaired) electrons. The molecule has 0 aliphatic carbocycles. The van der Waals surface area contributed by atoms with E-state index in [4.69, 9.17) is 4.42 Å². The Labute approximate surface area is 134 Å². The van der Waals surface area contributed by atoms with Crippen molar-refractivity contribution in [3.63, 3.8) is 0 Å². The highest BCUT2D eigenvalue weighted by Crippen LogP contribution is 2.27. The number of ether oxygens (including phenoxy) is 1. The van der Waals surface area contributed by atoms with Crippen molar-refractivity contribution in [2.45, 2.75) is 20.3 Å². The van der Waals surface area contributed by atoms with E-state index in [1.165, 1.54) is 7.11 Å². The molecule has 0 fully saturated rings. The van der Waals surface area contributed by atoms with Gasteiger partial charge in [-0.3, -0.25) is 4.79 Å². The van der Waals surface area contributed by atoms with Gasteiger partial charge in [-0.15, -0.1) is 0 Å². The summed E-state index contributed by atoms with van der Waals surface area (Å²) < 4.78 is 10.0. The number of hydrogen-bond acceptors (Lipinski definition) is 5. The molecule has 2 rings (SSSR count). The molecule has 1 aromatic heterocycles. The second kappa shape index (κ2) is 7.58. The van der Waals surface area contributed by atoms with E-state index in [2.05, 4.69) is 28.9 Å². The van der Waals surface area contributed by atoms with Gasteiger partial charge in [-0.25, -0.2) is 9.78 Å². The maximum absolute atomic E-state index is 12.4. The van der Waals surface area contributed by atoms with Crippen LogP contribution in [0.3, 0.4) is 0 Å². The highest BCUT2D eigenvalue weighted by Gasteiger charge is 2.22. The summed E-state index contributed by atoms with van der Waals surface area (Å²) in [4.78, 5) is 28.0. The first kappa shape index (κ1) is 16.7. The Kier molecular flexibility index (Phi) is 5.51.